The van der Waals surface area contributed by atoms with Crippen molar-refractivity contribution in [3.8, 4) is 0 Å². The van der Waals surface area contributed by atoms with Crippen LogP contribution >= 0.6 is 11.8 Å². The molecule has 0 radical (unpaired) electrons. The molecule has 1 N–H and O–H groups in total. The van der Waals surface area contributed by atoms with Gasteiger partial charge in [-0.1, -0.05) is 26.7 Å². The predicted octanol–water partition coefficient (Wildman–Crippen LogP) is 5.66. The molecule has 2 aromatic rings. The van der Waals surface area contributed by atoms with Gasteiger partial charge < -0.3 is 14.7 Å². The maximum absolute atomic E-state index is 13.8. The Balaban J connectivity index is 2.19. The fraction of sp³-hybridized carbons (Fsp3) is 0.480. The van der Waals surface area contributed by atoms with Crippen molar-refractivity contribution in [2.45, 2.75) is 55.9 Å². The normalized spacial score (nSPS) is 19.5. The Morgan fingerprint density at radius 3 is 2.53 bits per heavy atom. The maximum atomic E-state index is 13.8. The second-order valence-electron chi connectivity index (χ2n) is 8.80. The summed E-state index contributed by atoms with van der Waals surface area (Å²) in [5.41, 5.74) is 1.47. The maximum Gasteiger partial charge on any atom is 0.329 e. The van der Waals surface area contributed by atoms with Crippen LogP contribution in [0.3, 0.4) is 0 Å². The van der Waals surface area contributed by atoms with Crippen molar-refractivity contribution >= 4 is 38.9 Å². The highest BCUT2D eigenvalue weighted by Gasteiger charge is 2.41. The van der Waals surface area contributed by atoms with Crippen LogP contribution in [0.25, 0.3) is 0 Å². The average molecular weight is 510 g/mol. The quantitative estimate of drug-likeness (QED) is 0.414. The Kier molecular flexibility index (Phi) is 8.65. The first-order valence-corrected chi connectivity index (χ1v) is 14.3. The van der Waals surface area contributed by atoms with E-state index in [2.05, 4.69) is 6.92 Å². The Hall–Kier alpha value is -2.10. The van der Waals surface area contributed by atoms with Gasteiger partial charge in [-0.2, -0.15) is 0 Å². The highest BCUT2D eigenvalue weighted by Crippen LogP contribution is 2.46. The molecule has 186 valence electrons. The van der Waals surface area contributed by atoms with E-state index < -0.39 is 27.8 Å². The molecule has 3 rings (SSSR count). The number of aliphatic carboxylic acids is 1. The van der Waals surface area contributed by atoms with E-state index in [1.165, 1.54) is 23.9 Å². The smallest absolute Gasteiger partial charge is 0.329 e. The van der Waals surface area contributed by atoms with Crippen molar-refractivity contribution in [3.05, 3.63) is 47.8 Å². The summed E-state index contributed by atoms with van der Waals surface area (Å²) in [6.45, 7) is 4.16. The molecular weight excluding hydrogens is 477 g/mol. The number of ether oxygens (including phenoxy) is 1. The van der Waals surface area contributed by atoms with Crippen LogP contribution < -0.4 is 4.90 Å². The first-order chi connectivity index (χ1) is 16.1. The van der Waals surface area contributed by atoms with E-state index in [-0.39, 0.29) is 23.1 Å². The number of sulfone groups is 1. The van der Waals surface area contributed by atoms with E-state index in [0.717, 1.165) is 29.8 Å². The lowest BCUT2D eigenvalue weighted by atomic mass is 9.81. The SMILES string of the molecule is CCCC[C@@]1(CC)CN(c2ccc(F)cc2)c2cc(SC)c(COCC(=O)O)cc2S(=O)(=O)C1. The van der Waals surface area contributed by atoms with Crippen LogP contribution in [0.1, 0.15) is 45.1 Å². The molecule has 0 saturated heterocycles. The lowest BCUT2D eigenvalue weighted by Gasteiger charge is -2.36. The van der Waals surface area contributed by atoms with Crippen molar-refractivity contribution < 1.29 is 27.4 Å². The molecule has 0 amide bonds. The minimum absolute atomic E-state index is 0.00340. The highest BCUT2D eigenvalue weighted by molar-refractivity contribution is 7.98. The van der Waals surface area contributed by atoms with Gasteiger partial charge in [0.1, 0.15) is 12.4 Å². The van der Waals surface area contributed by atoms with Gasteiger partial charge >= 0.3 is 5.97 Å². The summed E-state index contributed by atoms with van der Waals surface area (Å²) in [4.78, 5) is 13.9. The fourth-order valence-corrected chi connectivity index (χ4v) is 7.32. The van der Waals surface area contributed by atoms with Crippen LogP contribution in [0.4, 0.5) is 15.8 Å². The molecule has 1 atom stereocenters. The number of nitrogens with zero attached hydrogens (tertiary/aromatic N) is 1. The van der Waals surface area contributed by atoms with E-state index in [9.17, 15) is 17.6 Å². The number of benzene rings is 2. The molecule has 0 bridgehead atoms. The van der Waals surface area contributed by atoms with E-state index in [1.54, 1.807) is 18.2 Å². The van der Waals surface area contributed by atoms with Crippen LogP contribution in [-0.4, -0.2) is 44.7 Å². The Bertz CT molecular complexity index is 1120. The lowest BCUT2D eigenvalue weighted by molar-refractivity contribution is -0.142. The number of fused-ring (bicyclic) bond motifs is 1. The van der Waals surface area contributed by atoms with Crippen LogP contribution in [-0.2, 0) is 26.0 Å². The van der Waals surface area contributed by atoms with Gasteiger partial charge in [-0.25, -0.2) is 17.6 Å². The van der Waals surface area contributed by atoms with Gasteiger partial charge in [-0.15, -0.1) is 11.8 Å². The molecule has 9 heteroatoms. The van der Waals surface area contributed by atoms with E-state index in [4.69, 9.17) is 9.84 Å². The summed E-state index contributed by atoms with van der Waals surface area (Å²) in [6.07, 6.45) is 5.23. The Morgan fingerprint density at radius 2 is 1.94 bits per heavy atom. The molecule has 0 spiro atoms. The third kappa shape index (κ3) is 5.93. The summed E-state index contributed by atoms with van der Waals surface area (Å²) in [6, 6.07) is 9.60. The molecule has 0 unspecified atom stereocenters. The van der Waals surface area contributed by atoms with E-state index in [1.807, 2.05) is 24.1 Å². The first-order valence-electron chi connectivity index (χ1n) is 11.4. The van der Waals surface area contributed by atoms with E-state index >= 15 is 0 Å². The molecule has 1 heterocycles. The molecule has 2 aromatic carbocycles. The number of hydrogen-bond acceptors (Lipinski definition) is 6. The standard InChI is InChI=1S/C25H32FNO5S2/c1-4-6-11-25(5-2)16-27(20-9-7-19(26)8-10-20)21-13-22(33-3)18(14-32-15-24(28)29)12-23(21)34(30,31)17-25/h7-10,12-13H,4-6,11,14-17H2,1-3H3,(H,28,29)/t25-/m0/s1. The monoisotopic (exact) mass is 509 g/mol. The fourth-order valence-electron chi connectivity index (χ4n) is 4.49. The third-order valence-corrected chi connectivity index (χ3v) is 9.22. The summed E-state index contributed by atoms with van der Waals surface area (Å²) < 4.78 is 46.5. The van der Waals surface area contributed by atoms with Crippen LogP contribution in [0.5, 0.6) is 0 Å². The number of hydrogen-bond donors (Lipinski definition) is 1. The number of carboxylic acids is 1. The van der Waals surface area contributed by atoms with Gasteiger partial charge in [0.15, 0.2) is 9.84 Å². The number of carboxylic acid groups (broad SMARTS) is 1. The average Bonchev–Trinajstić information content (AvgIpc) is 2.90. The number of thioether (sulfide) groups is 1. The number of unbranched alkanes of at least 4 members (excludes halogenated alkanes) is 1. The molecule has 0 aromatic heterocycles. The third-order valence-electron chi connectivity index (χ3n) is 6.41. The number of carbonyl (C=O) groups is 1. The predicted molar refractivity (Wildman–Crippen MR) is 133 cm³/mol. The Morgan fingerprint density at radius 1 is 1.24 bits per heavy atom. The summed E-state index contributed by atoms with van der Waals surface area (Å²) >= 11 is 1.44. The minimum Gasteiger partial charge on any atom is -0.480 e. The zero-order valence-electron chi connectivity index (χ0n) is 19.8. The molecule has 1 aliphatic heterocycles. The second kappa shape index (κ2) is 11.1. The van der Waals surface area contributed by atoms with Crippen molar-refractivity contribution in [3.63, 3.8) is 0 Å². The molecule has 0 fully saturated rings. The van der Waals surface area contributed by atoms with Crippen molar-refractivity contribution in [2.24, 2.45) is 5.41 Å². The second-order valence-corrected chi connectivity index (χ2v) is 11.6. The van der Waals surface area contributed by atoms with Crippen molar-refractivity contribution in [2.75, 3.05) is 30.1 Å². The van der Waals surface area contributed by atoms with Gasteiger partial charge in [-0.3, -0.25) is 0 Å². The zero-order chi connectivity index (χ0) is 24.9. The molecule has 1 aliphatic rings. The van der Waals surface area contributed by atoms with Crippen molar-refractivity contribution in [1.29, 1.82) is 0 Å². The van der Waals surface area contributed by atoms with Gasteiger partial charge in [0.05, 0.1) is 22.9 Å². The summed E-state index contributed by atoms with van der Waals surface area (Å²) in [5.74, 6) is -1.41. The van der Waals surface area contributed by atoms with Crippen molar-refractivity contribution in [1.82, 2.24) is 0 Å². The van der Waals surface area contributed by atoms with Gasteiger partial charge in [-0.05, 0) is 61.1 Å². The van der Waals surface area contributed by atoms with Gasteiger partial charge in [0.2, 0.25) is 0 Å². The highest BCUT2D eigenvalue weighted by atomic mass is 32.2. The van der Waals surface area contributed by atoms with Gasteiger partial charge in [0, 0.05) is 22.5 Å². The zero-order valence-corrected chi connectivity index (χ0v) is 21.5. The number of rotatable bonds is 10. The topological polar surface area (TPSA) is 83.9 Å². The first kappa shape index (κ1) is 26.5. The number of anilines is 2. The largest absolute Gasteiger partial charge is 0.480 e. The minimum atomic E-state index is -3.66. The summed E-state index contributed by atoms with van der Waals surface area (Å²) in [5, 5.41) is 8.91. The molecule has 34 heavy (non-hydrogen) atoms. The molecule has 0 aliphatic carbocycles. The van der Waals surface area contributed by atoms with Crippen LogP contribution in [0.15, 0.2) is 46.2 Å². The summed E-state index contributed by atoms with van der Waals surface area (Å²) in [7, 11) is -3.66. The molecular formula is C25H32FNO5S2. The van der Waals surface area contributed by atoms with Gasteiger partial charge in [0.25, 0.3) is 0 Å². The van der Waals surface area contributed by atoms with Crippen LogP contribution in [0, 0.1) is 11.2 Å². The molecule has 0 saturated carbocycles. The van der Waals surface area contributed by atoms with E-state index in [0.29, 0.717) is 24.2 Å². The lowest BCUT2D eigenvalue weighted by Crippen LogP contribution is -2.37. The Labute approximate surface area is 205 Å². The number of halogens is 1. The van der Waals surface area contributed by atoms with Crippen LogP contribution in [0.2, 0.25) is 0 Å². The molecule has 6 nitrogen and oxygen atoms in total.